The third kappa shape index (κ3) is 7.47. The molecule has 3 nitrogen and oxygen atoms in total. The lowest BCUT2D eigenvalue weighted by atomic mass is 10.2. The van der Waals surface area contributed by atoms with E-state index >= 15 is 0 Å². The van der Waals surface area contributed by atoms with Gasteiger partial charge >= 0.3 is 5.97 Å². The molecule has 0 aromatic rings. The van der Waals surface area contributed by atoms with Gasteiger partial charge in [-0.15, -0.1) is 0 Å². The fourth-order valence-corrected chi connectivity index (χ4v) is 0.740. The molecule has 0 rings (SSSR count). The molecule has 0 radical (unpaired) electrons. The lowest BCUT2D eigenvalue weighted by Gasteiger charge is -2.02. The number of rotatable bonds is 7. The molecule has 0 aromatic heterocycles. The highest BCUT2D eigenvalue weighted by Gasteiger charge is 2.00. The van der Waals surface area contributed by atoms with Crippen LogP contribution < -0.4 is 5.48 Å². The van der Waals surface area contributed by atoms with E-state index in [1.165, 1.54) is 0 Å². The number of hydrogen-bond acceptors (Lipinski definition) is 3. The molecule has 72 valence electrons. The van der Waals surface area contributed by atoms with Gasteiger partial charge in [0.25, 0.3) is 0 Å². The van der Waals surface area contributed by atoms with Crippen molar-refractivity contribution in [2.45, 2.75) is 32.6 Å². The van der Waals surface area contributed by atoms with Crippen molar-refractivity contribution >= 4 is 5.97 Å². The molecular formula is C8H16FNO2. The van der Waals surface area contributed by atoms with E-state index < -0.39 is 6.67 Å². The second-order valence-corrected chi connectivity index (χ2v) is 2.51. The first-order valence-corrected chi connectivity index (χ1v) is 4.29. The second-order valence-electron chi connectivity index (χ2n) is 2.51. The number of hydrogen-bond donors (Lipinski definition) is 1. The Morgan fingerprint density at radius 3 is 2.83 bits per heavy atom. The molecule has 0 saturated heterocycles. The Hall–Kier alpha value is -0.640. The van der Waals surface area contributed by atoms with Crippen LogP contribution in [-0.4, -0.2) is 19.2 Å². The first-order chi connectivity index (χ1) is 5.81. The zero-order chi connectivity index (χ0) is 9.23. The summed E-state index contributed by atoms with van der Waals surface area (Å²) in [5.74, 6) is -0.308. The van der Waals surface area contributed by atoms with Gasteiger partial charge in [-0.05, 0) is 6.42 Å². The highest BCUT2D eigenvalue weighted by Crippen LogP contribution is 1.99. The molecule has 0 fully saturated rings. The Balaban J connectivity index is 3.10. The van der Waals surface area contributed by atoms with Crippen LogP contribution in [-0.2, 0) is 9.63 Å². The number of carbonyl (C=O) groups is 1. The van der Waals surface area contributed by atoms with E-state index in [2.05, 4.69) is 17.2 Å². The van der Waals surface area contributed by atoms with Crippen LogP contribution in [0.15, 0.2) is 0 Å². The monoisotopic (exact) mass is 177 g/mol. The maximum absolute atomic E-state index is 11.5. The maximum atomic E-state index is 11.5. The first kappa shape index (κ1) is 11.4. The SMILES string of the molecule is CCCCCC(=O)ONCCF. The van der Waals surface area contributed by atoms with Gasteiger partial charge in [-0.25, -0.2) is 4.39 Å². The number of carbonyl (C=O) groups excluding carboxylic acids is 1. The molecule has 0 aliphatic carbocycles. The van der Waals surface area contributed by atoms with Crippen LogP contribution in [0.25, 0.3) is 0 Å². The molecule has 0 bridgehead atoms. The zero-order valence-electron chi connectivity index (χ0n) is 7.44. The zero-order valence-corrected chi connectivity index (χ0v) is 7.44. The maximum Gasteiger partial charge on any atom is 0.324 e. The number of hydroxylamine groups is 1. The molecule has 0 unspecified atom stereocenters. The van der Waals surface area contributed by atoms with Gasteiger partial charge in [-0.3, -0.25) is 4.79 Å². The smallest absolute Gasteiger partial charge is 0.324 e. The molecule has 0 aromatic carbocycles. The van der Waals surface area contributed by atoms with Crippen molar-refractivity contribution in [2.75, 3.05) is 13.2 Å². The van der Waals surface area contributed by atoms with E-state index in [0.29, 0.717) is 6.42 Å². The van der Waals surface area contributed by atoms with E-state index in [1.807, 2.05) is 0 Å². The third-order valence-electron chi connectivity index (χ3n) is 1.37. The minimum Gasteiger partial charge on any atom is -0.371 e. The van der Waals surface area contributed by atoms with Gasteiger partial charge in [0.1, 0.15) is 6.67 Å². The van der Waals surface area contributed by atoms with Gasteiger partial charge < -0.3 is 4.84 Å². The third-order valence-corrected chi connectivity index (χ3v) is 1.37. The molecule has 1 N–H and O–H groups in total. The molecule has 0 aliphatic heterocycles. The molecule has 0 aliphatic rings. The Bertz CT molecular complexity index is 108. The van der Waals surface area contributed by atoms with Crippen molar-refractivity contribution in [3.8, 4) is 0 Å². The number of nitrogens with one attached hydrogen (secondary N) is 1. The van der Waals surface area contributed by atoms with Gasteiger partial charge in [0.05, 0.1) is 6.54 Å². The van der Waals surface area contributed by atoms with E-state index in [-0.39, 0.29) is 12.5 Å². The fraction of sp³-hybridized carbons (Fsp3) is 0.875. The Morgan fingerprint density at radius 1 is 1.50 bits per heavy atom. The molecule has 12 heavy (non-hydrogen) atoms. The molecule has 0 amide bonds. The summed E-state index contributed by atoms with van der Waals surface area (Å²) >= 11 is 0. The summed E-state index contributed by atoms with van der Waals surface area (Å²) in [5.41, 5.74) is 2.24. The Morgan fingerprint density at radius 2 is 2.25 bits per heavy atom. The average molecular weight is 177 g/mol. The van der Waals surface area contributed by atoms with Crippen molar-refractivity contribution in [1.82, 2.24) is 5.48 Å². The van der Waals surface area contributed by atoms with Crippen molar-refractivity contribution in [1.29, 1.82) is 0 Å². The van der Waals surface area contributed by atoms with Crippen molar-refractivity contribution in [2.24, 2.45) is 0 Å². The summed E-state index contributed by atoms with van der Waals surface area (Å²) in [7, 11) is 0. The van der Waals surface area contributed by atoms with Crippen LogP contribution >= 0.6 is 0 Å². The average Bonchev–Trinajstić information content (AvgIpc) is 2.06. The molecular weight excluding hydrogens is 161 g/mol. The van der Waals surface area contributed by atoms with Crippen molar-refractivity contribution < 1.29 is 14.0 Å². The minimum absolute atomic E-state index is 0.0690. The molecule has 0 saturated carbocycles. The fourth-order valence-electron chi connectivity index (χ4n) is 0.740. The van der Waals surface area contributed by atoms with Crippen LogP contribution in [0.5, 0.6) is 0 Å². The minimum atomic E-state index is -0.526. The van der Waals surface area contributed by atoms with E-state index in [1.54, 1.807) is 0 Å². The van der Waals surface area contributed by atoms with E-state index in [4.69, 9.17) is 0 Å². The summed E-state index contributed by atoms with van der Waals surface area (Å²) in [5, 5.41) is 0. The summed E-state index contributed by atoms with van der Waals surface area (Å²) < 4.78 is 11.5. The summed E-state index contributed by atoms with van der Waals surface area (Å²) in [6, 6.07) is 0. The standard InChI is InChI=1S/C8H16FNO2/c1-2-3-4-5-8(11)12-10-7-6-9/h10H,2-7H2,1H3. The molecule has 0 spiro atoms. The van der Waals surface area contributed by atoms with Gasteiger partial charge in [-0.2, -0.15) is 5.48 Å². The quantitative estimate of drug-likeness (QED) is 0.474. The highest BCUT2D eigenvalue weighted by atomic mass is 19.1. The second kappa shape index (κ2) is 8.46. The summed E-state index contributed by atoms with van der Waals surface area (Å²) in [4.78, 5) is 15.3. The van der Waals surface area contributed by atoms with Crippen LogP contribution in [0.1, 0.15) is 32.6 Å². The largest absolute Gasteiger partial charge is 0.371 e. The normalized spacial score (nSPS) is 9.83. The highest BCUT2D eigenvalue weighted by molar-refractivity contribution is 5.68. The Labute approximate surface area is 72.2 Å². The summed E-state index contributed by atoms with van der Waals surface area (Å²) in [6.07, 6.45) is 3.35. The lowest BCUT2D eigenvalue weighted by molar-refractivity contribution is -0.151. The lowest BCUT2D eigenvalue weighted by Crippen LogP contribution is -2.21. The van der Waals surface area contributed by atoms with Gasteiger partial charge in [0, 0.05) is 6.42 Å². The topological polar surface area (TPSA) is 38.3 Å². The van der Waals surface area contributed by atoms with Crippen molar-refractivity contribution in [3.63, 3.8) is 0 Å². The molecule has 4 heteroatoms. The summed E-state index contributed by atoms with van der Waals surface area (Å²) in [6.45, 7) is 1.61. The number of unbranched alkanes of at least 4 members (excludes halogenated alkanes) is 2. The van der Waals surface area contributed by atoms with Crippen LogP contribution in [0.4, 0.5) is 4.39 Å². The number of halogens is 1. The molecule has 0 heterocycles. The van der Waals surface area contributed by atoms with Crippen LogP contribution in [0.2, 0.25) is 0 Å². The predicted molar refractivity (Wildman–Crippen MR) is 44.2 cm³/mol. The van der Waals surface area contributed by atoms with Crippen molar-refractivity contribution in [3.05, 3.63) is 0 Å². The van der Waals surface area contributed by atoms with Gasteiger partial charge in [0.2, 0.25) is 0 Å². The van der Waals surface area contributed by atoms with E-state index in [0.717, 1.165) is 19.3 Å². The van der Waals surface area contributed by atoms with Crippen LogP contribution in [0.3, 0.4) is 0 Å². The van der Waals surface area contributed by atoms with E-state index in [9.17, 15) is 9.18 Å². The van der Waals surface area contributed by atoms with Gasteiger partial charge in [-0.1, -0.05) is 19.8 Å². The Kier molecular flexibility index (Phi) is 8.01. The number of alkyl halides is 1. The predicted octanol–water partition coefficient (Wildman–Crippen LogP) is 1.58. The first-order valence-electron chi connectivity index (χ1n) is 4.29. The van der Waals surface area contributed by atoms with Crippen LogP contribution in [0, 0.1) is 0 Å². The van der Waals surface area contributed by atoms with Gasteiger partial charge in [0.15, 0.2) is 0 Å². The molecule has 0 atom stereocenters.